The lowest BCUT2D eigenvalue weighted by Gasteiger charge is -2.30. The van der Waals surface area contributed by atoms with Crippen LogP contribution in [-0.4, -0.2) is 32.1 Å². The Bertz CT molecular complexity index is 1560. The Morgan fingerprint density at radius 2 is 1.76 bits per heavy atom. The third-order valence-corrected chi connectivity index (χ3v) is 7.56. The number of amides is 1. The zero-order valence-electron chi connectivity index (χ0n) is 19.5. The highest BCUT2D eigenvalue weighted by Gasteiger charge is 2.27. The SMILES string of the molecule is Cc1ccc(-c2cc(C(=O)N3CCCc4cc(S(C)(=O)=O)ccc43)c3ccccc3n2)c(C)c1. The maximum Gasteiger partial charge on any atom is 0.259 e. The van der Waals surface area contributed by atoms with Gasteiger partial charge in [-0.2, -0.15) is 0 Å². The smallest absolute Gasteiger partial charge is 0.259 e. The van der Waals surface area contributed by atoms with E-state index in [-0.39, 0.29) is 10.8 Å². The summed E-state index contributed by atoms with van der Waals surface area (Å²) in [5.41, 5.74) is 7.09. The number of pyridine rings is 1. The Labute approximate surface area is 200 Å². The summed E-state index contributed by atoms with van der Waals surface area (Å²) in [6, 6.07) is 20.9. The van der Waals surface area contributed by atoms with E-state index in [1.165, 1.54) is 11.8 Å². The summed E-state index contributed by atoms with van der Waals surface area (Å²) < 4.78 is 24.1. The number of carbonyl (C=O) groups is 1. The van der Waals surface area contributed by atoms with Gasteiger partial charge in [-0.3, -0.25) is 4.79 Å². The number of sulfone groups is 1. The van der Waals surface area contributed by atoms with Gasteiger partial charge in [0.25, 0.3) is 5.91 Å². The van der Waals surface area contributed by atoms with E-state index in [0.29, 0.717) is 12.1 Å². The van der Waals surface area contributed by atoms with E-state index in [2.05, 4.69) is 32.0 Å². The van der Waals surface area contributed by atoms with Crippen LogP contribution in [0.25, 0.3) is 22.2 Å². The van der Waals surface area contributed by atoms with E-state index in [9.17, 15) is 13.2 Å². The maximum absolute atomic E-state index is 14.0. The second-order valence-corrected chi connectivity index (χ2v) is 11.0. The fraction of sp³-hybridized carbons (Fsp3) is 0.214. The van der Waals surface area contributed by atoms with Crippen molar-refractivity contribution in [3.8, 4) is 11.3 Å². The molecule has 0 bridgehead atoms. The maximum atomic E-state index is 14.0. The molecule has 6 heteroatoms. The standard InChI is InChI=1S/C28H26N2O3S/c1-18-10-12-22(19(2)15-18)26-17-24(23-8-4-5-9-25(23)29-26)28(31)30-14-6-7-20-16-21(34(3,32)33)11-13-27(20)30/h4-5,8-13,15-17H,6-7,14H2,1-3H3. The normalized spacial score (nSPS) is 13.7. The summed E-state index contributed by atoms with van der Waals surface area (Å²) in [4.78, 5) is 20.9. The molecule has 0 saturated heterocycles. The average Bonchev–Trinajstić information content (AvgIpc) is 2.81. The van der Waals surface area contributed by atoms with Gasteiger partial charge in [-0.05, 0) is 68.1 Å². The number of aryl methyl sites for hydroxylation is 3. The van der Waals surface area contributed by atoms with Crippen molar-refractivity contribution in [3.63, 3.8) is 0 Å². The third-order valence-electron chi connectivity index (χ3n) is 6.45. The van der Waals surface area contributed by atoms with Gasteiger partial charge < -0.3 is 4.90 Å². The van der Waals surface area contributed by atoms with E-state index in [1.807, 2.05) is 30.3 Å². The summed E-state index contributed by atoms with van der Waals surface area (Å²) in [7, 11) is -3.31. The molecule has 1 aliphatic heterocycles. The quantitative estimate of drug-likeness (QED) is 0.396. The topological polar surface area (TPSA) is 67.3 Å². The minimum atomic E-state index is -3.31. The fourth-order valence-electron chi connectivity index (χ4n) is 4.75. The summed E-state index contributed by atoms with van der Waals surface area (Å²) in [5, 5.41) is 0.806. The highest BCUT2D eigenvalue weighted by atomic mass is 32.2. The van der Waals surface area contributed by atoms with E-state index in [0.717, 1.165) is 51.8 Å². The van der Waals surface area contributed by atoms with Crippen LogP contribution in [0.15, 0.2) is 71.6 Å². The molecule has 5 rings (SSSR count). The van der Waals surface area contributed by atoms with Gasteiger partial charge >= 0.3 is 0 Å². The van der Waals surface area contributed by atoms with Crippen molar-refractivity contribution < 1.29 is 13.2 Å². The van der Waals surface area contributed by atoms with Crippen LogP contribution >= 0.6 is 0 Å². The predicted octanol–water partition coefficient (Wildman–Crippen LogP) is 5.52. The molecule has 4 aromatic rings. The molecule has 5 nitrogen and oxygen atoms in total. The number of aromatic nitrogens is 1. The van der Waals surface area contributed by atoms with E-state index >= 15 is 0 Å². The van der Waals surface area contributed by atoms with Crippen molar-refractivity contribution in [3.05, 3.63) is 89.0 Å². The average molecular weight is 471 g/mol. The lowest BCUT2D eigenvalue weighted by molar-refractivity contribution is 0.0986. The van der Waals surface area contributed by atoms with Gasteiger partial charge in [0.05, 0.1) is 21.7 Å². The Hall–Kier alpha value is -3.51. The Kier molecular flexibility index (Phi) is 5.48. The molecule has 34 heavy (non-hydrogen) atoms. The van der Waals surface area contributed by atoms with Gasteiger partial charge in [0.15, 0.2) is 9.84 Å². The first-order valence-electron chi connectivity index (χ1n) is 11.3. The van der Waals surface area contributed by atoms with E-state index < -0.39 is 9.84 Å². The number of nitrogens with zero attached hydrogens (tertiary/aromatic N) is 2. The molecule has 1 aliphatic rings. The van der Waals surface area contributed by atoms with Crippen LogP contribution in [-0.2, 0) is 16.3 Å². The molecule has 3 aromatic carbocycles. The molecule has 2 heterocycles. The van der Waals surface area contributed by atoms with Crippen LogP contribution in [0.2, 0.25) is 0 Å². The van der Waals surface area contributed by atoms with Gasteiger partial charge in [-0.25, -0.2) is 13.4 Å². The second kappa shape index (κ2) is 8.37. The second-order valence-electron chi connectivity index (χ2n) is 9.01. The first kappa shape index (κ1) is 22.3. The lowest BCUT2D eigenvalue weighted by atomic mass is 9.97. The number of fused-ring (bicyclic) bond motifs is 2. The zero-order valence-corrected chi connectivity index (χ0v) is 20.3. The highest BCUT2D eigenvalue weighted by Crippen LogP contribution is 2.33. The lowest BCUT2D eigenvalue weighted by Crippen LogP contribution is -2.35. The summed E-state index contributed by atoms with van der Waals surface area (Å²) in [6.45, 7) is 4.70. The number of hydrogen-bond donors (Lipinski definition) is 0. The monoisotopic (exact) mass is 470 g/mol. The van der Waals surface area contributed by atoms with Crippen molar-refractivity contribution in [1.82, 2.24) is 4.98 Å². The molecule has 0 unspecified atom stereocenters. The van der Waals surface area contributed by atoms with Gasteiger partial charge in [0.1, 0.15) is 0 Å². The first-order chi connectivity index (χ1) is 16.2. The summed E-state index contributed by atoms with van der Waals surface area (Å²) in [5.74, 6) is -0.0994. The minimum absolute atomic E-state index is 0.0994. The van der Waals surface area contributed by atoms with Gasteiger partial charge in [0.2, 0.25) is 0 Å². The largest absolute Gasteiger partial charge is 0.308 e. The number of para-hydroxylation sites is 1. The Balaban J connectivity index is 1.65. The molecule has 0 fully saturated rings. The number of anilines is 1. The molecule has 0 radical (unpaired) electrons. The number of hydrogen-bond acceptors (Lipinski definition) is 4. The molecule has 0 aliphatic carbocycles. The molecule has 0 atom stereocenters. The molecule has 1 amide bonds. The van der Waals surface area contributed by atoms with Crippen LogP contribution in [0, 0.1) is 13.8 Å². The van der Waals surface area contributed by atoms with E-state index in [4.69, 9.17) is 4.98 Å². The molecule has 1 aromatic heterocycles. The van der Waals surface area contributed by atoms with E-state index in [1.54, 1.807) is 23.1 Å². The van der Waals surface area contributed by atoms with Gasteiger partial charge in [-0.1, -0.05) is 42.0 Å². The molecule has 0 spiro atoms. The van der Waals surface area contributed by atoms with Crippen molar-refractivity contribution in [2.75, 3.05) is 17.7 Å². The van der Waals surface area contributed by atoms with Crippen LogP contribution in [0.5, 0.6) is 0 Å². The van der Waals surface area contributed by atoms with Crippen LogP contribution in [0.1, 0.15) is 33.5 Å². The first-order valence-corrected chi connectivity index (χ1v) is 13.2. The van der Waals surface area contributed by atoms with Gasteiger partial charge in [-0.15, -0.1) is 0 Å². The van der Waals surface area contributed by atoms with Gasteiger partial charge in [0, 0.05) is 29.4 Å². The zero-order chi connectivity index (χ0) is 24.0. The molecule has 0 N–H and O–H groups in total. The molecular weight excluding hydrogens is 444 g/mol. The number of benzene rings is 3. The third kappa shape index (κ3) is 3.99. The number of carbonyl (C=O) groups excluding carboxylic acids is 1. The van der Waals surface area contributed by atoms with Crippen molar-refractivity contribution in [2.45, 2.75) is 31.6 Å². The molecular formula is C28H26N2O3S. The highest BCUT2D eigenvalue weighted by molar-refractivity contribution is 7.90. The van der Waals surface area contributed by atoms with Crippen LogP contribution in [0.4, 0.5) is 5.69 Å². The Morgan fingerprint density at radius 1 is 0.971 bits per heavy atom. The van der Waals surface area contributed by atoms with Crippen molar-refractivity contribution >= 4 is 32.3 Å². The van der Waals surface area contributed by atoms with Crippen LogP contribution in [0.3, 0.4) is 0 Å². The summed E-state index contributed by atoms with van der Waals surface area (Å²) >= 11 is 0. The Morgan fingerprint density at radius 3 is 2.53 bits per heavy atom. The minimum Gasteiger partial charge on any atom is -0.308 e. The summed E-state index contributed by atoms with van der Waals surface area (Å²) in [6.07, 6.45) is 2.73. The molecule has 0 saturated carbocycles. The van der Waals surface area contributed by atoms with Crippen molar-refractivity contribution in [1.29, 1.82) is 0 Å². The fourth-order valence-corrected chi connectivity index (χ4v) is 5.42. The van der Waals surface area contributed by atoms with Crippen molar-refractivity contribution in [2.24, 2.45) is 0 Å². The predicted molar refractivity (Wildman–Crippen MR) is 136 cm³/mol. The number of rotatable bonds is 3. The van der Waals surface area contributed by atoms with Crippen LogP contribution < -0.4 is 4.90 Å². The molecule has 172 valence electrons.